The van der Waals surface area contributed by atoms with Crippen LogP contribution < -0.4 is 15.4 Å². The average Bonchev–Trinajstić information content (AvgIpc) is 3.10. The van der Waals surface area contributed by atoms with Crippen LogP contribution in [0.5, 0.6) is 5.75 Å². The molecule has 0 aliphatic heterocycles. The van der Waals surface area contributed by atoms with Crippen LogP contribution in [0.4, 0.5) is 5.69 Å². The second-order valence-electron chi connectivity index (χ2n) is 5.59. The Labute approximate surface area is 146 Å². The van der Waals surface area contributed by atoms with Gasteiger partial charge in [0.05, 0.1) is 24.6 Å². The smallest absolute Gasteiger partial charge is 0.313 e. The second-order valence-corrected chi connectivity index (χ2v) is 5.59. The lowest BCUT2D eigenvalue weighted by Crippen LogP contribution is -2.40. The molecule has 0 spiro atoms. The van der Waals surface area contributed by atoms with Crippen molar-refractivity contribution in [3.8, 4) is 5.75 Å². The largest absolute Gasteiger partial charge is 0.492 e. The fourth-order valence-electron chi connectivity index (χ4n) is 2.32. The standard InChI is InChI=1S/C18H23N3O4/c1-4-24-15-9-6-5-8-13(15)20-18(23)17(22)19-12-14(21(2)3)16-10-7-11-25-16/h5-11,14H,4,12H2,1-3H3,(H,19,22)(H,20,23)/t14-/m0/s1. The van der Waals surface area contributed by atoms with Crippen molar-refractivity contribution in [2.75, 3.05) is 32.6 Å². The van der Waals surface area contributed by atoms with Gasteiger partial charge in [0.15, 0.2) is 0 Å². The van der Waals surface area contributed by atoms with Gasteiger partial charge in [-0.3, -0.25) is 14.5 Å². The van der Waals surface area contributed by atoms with E-state index in [4.69, 9.17) is 9.15 Å². The van der Waals surface area contributed by atoms with Gasteiger partial charge in [-0.05, 0) is 45.3 Å². The predicted octanol–water partition coefficient (Wildman–Crippen LogP) is 2.04. The molecule has 7 heteroatoms. The minimum Gasteiger partial charge on any atom is -0.492 e. The zero-order valence-corrected chi connectivity index (χ0v) is 14.6. The fourth-order valence-corrected chi connectivity index (χ4v) is 2.32. The van der Waals surface area contributed by atoms with E-state index in [0.29, 0.717) is 23.8 Å². The maximum absolute atomic E-state index is 12.1. The Bertz CT molecular complexity index is 698. The normalized spacial score (nSPS) is 11.8. The van der Waals surface area contributed by atoms with Crippen molar-refractivity contribution in [1.29, 1.82) is 0 Å². The highest BCUT2D eigenvalue weighted by Gasteiger charge is 2.21. The molecule has 0 aliphatic carbocycles. The van der Waals surface area contributed by atoms with Crippen LogP contribution in [-0.4, -0.2) is 44.0 Å². The van der Waals surface area contributed by atoms with Crippen molar-refractivity contribution in [2.45, 2.75) is 13.0 Å². The Hall–Kier alpha value is -2.80. The zero-order chi connectivity index (χ0) is 18.2. The number of furan rings is 1. The first-order chi connectivity index (χ1) is 12.0. The molecular formula is C18H23N3O4. The lowest BCUT2D eigenvalue weighted by Gasteiger charge is -2.22. The van der Waals surface area contributed by atoms with Gasteiger partial charge in [-0.1, -0.05) is 12.1 Å². The first-order valence-corrected chi connectivity index (χ1v) is 8.03. The topological polar surface area (TPSA) is 83.8 Å². The molecule has 25 heavy (non-hydrogen) atoms. The van der Waals surface area contributed by atoms with Crippen molar-refractivity contribution in [3.63, 3.8) is 0 Å². The molecule has 0 aliphatic rings. The summed E-state index contributed by atoms with van der Waals surface area (Å²) >= 11 is 0. The van der Waals surface area contributed by atoms with E-state index in [9.17, 15) is 9.59 Å². The van der Waals surface area contributed by atoms with E-state index in [1.54, 1.807) is 36.6 Å². The van der Waals surface area contributed by atoms with Crippen molar-refractivity contribution < 1.29 is 18.7 Å². The van der Waals surface area contributed by atoms with Gasteiger partial charge in [-0.25, -0.2) is 0 Å². The highest BCUT2D eigenvalue weighted by Crippen LogP contribution is 2.23. The van der Waals surface area contributed by atoms with Gasteiger partial charge in [-0.2, -0.15) is 0 Å². The van der Waals surface area contributed by atoms with E-state index in [2.05, 4.69) is 10.6 Å². The van der Waals surface area contributed by atoms with E-state index >= 15 is 0 Å². The summed E-state index contributed by atoms with van der Waals surface area (Å²) in [6, 6.07) is 10.4. The molecule has 0 saturated carbocycles. The fraction of sp³-hybridized carbons (Fsp3) is 0.333. The van der Waals surface area contributed by atoms with Gasteiger partial charge in [0.2, 0.25) is 0 Å². The van der Waals surface area contributed by atoms with Crippen LogP contribution in [-0.2, 0) is 9.59 Å². The lowest BCUT2D eigenvalue weighted by molar-refractivity contribution is -0.136. The number of ether oxygens (including phenoxy) is 1. The lowest BCUT2D eigenvalue weighted by atomic mass is 10.2. The number of rotatable bonds is 7. The molecule has 0 radical (unpaired) electrons. The second kappa shape index (κ2) is 8.89. The molecule has 1 atom stereocenters. The number of amides is 2. The number of hydrogen-bond donors (Lipinski definition) is 2. The van der Waals surface area contributed by atoms with Gasteiger partial charge < -0.3 is 19.8 Å². The van der Waals surface area contributed by atoms with Gasteiger partial charge in [-0.15, -0.1) is 0 Å². The summed E-state index contributed by atoms with van der Waals surface area (Å²) in [7, 11) is 3.75. The summed E-state index contributed by atoms with van der Waals surface area (Å²) in [5.41, 5.74) is 0.458. The molecule has 2 aromatic rings. The first kappa shape index (κ1) is 18.5. The zero-order valence-electron chi connectivity index (χ0n) is 14.6. The van der Waals surface area contributed by atoms with Crippen molar-refractivity contribution >= 4 is 17.5 Å². The molecule has 1 aromatic carbocycles. The number of carbonyl (C=O) groups is 2. The van der Waals surface area contributed by atoms with E-state index < -0.39 is 11.8 Å². The molecule has 2 N–H and O–H groups in total. The summed E-state index contributed by atoms with van der Waals surface area (Å²) < 4.78 is 10.8. The Balaban J connectivity index is 1.95. The Kier molecular flexibility index (Phi) is 6.59. The minimum absolute atomic E-state index is 0.164. The van der Waals surface area contributed by atoms with Crippen LogP contribution >= 0.6 is 0 Å². The molecule has 0 fully saturated rings. The van der Waals surface area contributed by atoms with Gasteiger partial charge in [0.25, 0.3) is 0 Å². The number of nitrogens with one attached hydrogen (secondary N) is 2. The monoisotopic (exact) mass is 345 g/mol. The molecule has 1 heterocycles. The highest BCUT2D eigenvalue weighted by molar-refractivity contribution is 6.39. The van der Waals surface area contributed by atoms with Crippen LogP contribution in [0.15, 0.2) is 47.1 Å². The molecule has 0 bridgehead atoms. The Morgan fingerprint density at radius 1 is 1.16 bits per heavy atom. The van der Waals surface area contributed by atoms with Crippen molar-refractivity contribution in [1.82, 2.24) is 10.2 Å². The summed E-state index contributed by atoms with van der Waals surface area (Å²) in [5.74, 6) is -0.228. The van der Waals surface area contributed by atoms with Crippen LogP contribution in [0.2, 0.25) is 0 Å². The third kappa shape index (κ3) is 5.09. The van der Waals surface area contributed by atoms with Crippen LogP contribution in [0.3, 0.4) is 0 Å². The number of carbonyl (C=O) groups excluding carboxylic acids is 2. The van der Waals surface area contributed by atoms with E-state index in [0.717, 1.165) is 0 Å². The number of para-hydroxylation sites is 2. The summed E-state index contributed by atoms with van der Waals surface area (Å²) in [5, 5.41) is 5.20. The van der Waals surface area contributed by atoms with Crippen molar-refractivity contribution in [3.05, 3.63) is 48.4 Å². The number of anilines is 1. The van der Waals surface area contributed by atoms with Gasteiger partial charge >= 0.3 is 11.8 Å². The van der Waals surface area contributed by atoms with Crippen LogP contribution in [0.1, 0.15) is 18.7 Å². The van der Waals surface area contributed by atoms with E-state index in [-0.39, 0.29) is 12.6 Å². The molecule has 1 aromatic heterocycles. The van der Waals surface area contributed by atoms with Gasteiger partial charge in [0, 0.05) is 6.54 Å². The van der Waals surface area contributed by atoms with Crippen molar-refractivity contribution in [2.24, 2.45) is 0 Å². The Morgan fingerprint density at radius 2 is 1.92 bits per heavy atom. The third-order valence-corrected chi connectivity index (χ3v) is 3.59. The molecular weight excluding hydrogens is 322 g/mol. The summed E-state index contributed by atoms with van der Waals surface area (Å²) in [4.78, 5) is 26.1. The third-order valence-electron chi connectivity index (χ3n) is 3.59. The number of hydrogen-bond acceptors (Lipinski definition) is 5. The number of nitrogens with zero attached hydrogens (tertiary/aromatic N) is 1. The highest BCUT2D eigenvalue weighted by atomic mass is 16.5. The molecule has 2 amide bonds. The number of likely N-dealkylation sites (N-methyl/N-ethyl adjacent to an activating group) is 1. The Morgan fingerprint density at radius 3 is 2.56 bits per heavy atom. The molecule has 2 rings (SSSR count). The SMILES string of the molecule is CCOc1ccccc1NC(=O)C(=O)NC[C@@H](c1ccco1)N(C)C. The van der Waals surface area contributed by atoms with Crippen LogP contribution in [0.25, 0.3) is 0 Å². The molecule has 7 nitrogen and oxygen atoms in total. The molecule has 134 valence electrons. The number of benzene rings is 1. The summed E-state index contributed by atoms with van der Waals surface area (Å²) in [6.07, 6.45) is 1.57. The van der Waals surface area contributed by atoms with E-state index in [1.165, 1.54) is 0 Å². The maximum Gasteiger partial charge on any atom is 0.313 e. The molecule has 0 saturated heterocycles. The molecule has 0 unspecified atom stereocenters. The first-order valence-electron chi connectivity index (χ1n) is 8.03. The van der Waals surface area contributed by atoms with Gasteiger partial charge in [0.1, 0.15) is 11.5 Å². The van der Waals surface area contributed by atoms with E-state index in [1.807, 2.05) is 32.0 Å². The maximum atomic E-state index is 12.1. The average molecular weight is 345 g/mol. The minimum atomic E-state index is -0.746. The predicted molar refractivity (Wildman–Crippen MR) is 94.4 cm³/mol. The van der Waals surface area contributed by atoms with Crippen LogP contribution in [0, 0.1) is 0 Å². The quantitative estimate of drug-likeness (QED) is 0.750. The summed E-state index contributed by atoms with van der Waals surface area (Å²) in [6.45, 7) is 2.56.